The quantitative estimate of drug-likeness (QED) is 0.920. The Morgan fingerprint density at radius 3 is 2.92 bits per heavy atom. The number of aromatic nitrogens is 3. The molecule has 0 bridgehead atoms. The summed E-state index contributed by atoms with van der Waals surface area (Å²) in [6.07, 6.45) is 2.85. The molecule has 7 heteroatoms. The number of hydrogen-bond acceptors (Lipinski definition) is 4. The normalized spacial score (nSPS) is 14.1. The van der Waals surface area contributed by atoms with Crippen LogP contribution >= 0.6 is 11.3 Å². The predicted octanol–water partition coefficient (Wildman–Crippen LogP) is 3.54. The average Bonchev–Trinajstić information content (AvgIpc) is 3.12. The number of fused-ring (bicyclic) bond motifs is 1. The van der Waals surface area contributed by atoms with E-state index in [2.05, 4.69) is 42.7 Å². The van der Waals surface area contributed by atoms with E-state index in [1.54, 1.807) is 0 Å². The summed E-state index contributed by atoms with van der Waals surface area (Å²) in [6, 6.07) is -0.0881. The fraction of sp³-hybridized carbons (Fsp3) is 0.588. The van der Waals surface area contributed by atoms with Gasteiger partial charge in [-0.15, -0.1) is 11.3 Å². The Labute approximate surface area is 146 Å². The fourth-order valence-electron chi connectivity index (χ4n) is 3.14. The molecular weight excluding hydrogens is 322 g/mol. The first-order valence-corrected chi connectivity index (χ1v) is 9.42. The van der Waals surface area contributed by atoms with Gasteiger partial charge in [0.05, 0.1) is 17.9 Å². The number of nitrogens with zero attached hydrogens (tertiary/aromatic N) is 4. The summed E-state index contributed by atoms with van der Waals surface area (Å²) in [5, 5.41) is 5.62. The van der Waals surface area contributed by atoms with Crippen molar-refractivity contribution in [3.63, 3.8) is 0 Å². The van der Waals surface area contributed by atoms with Gasteiger partial charge in [-0.25, -0.2) is 14.8 Å². The van der Waals surface area contributed by atoms with Crippen molar-refractivity contribution in [2.75, 3.05) is 11.9 Å². The molecule has 1 aliphatic rings. The monoisotopic (exact) mass is 347 g/mol. The maximum atomic E-state index is 12.5. The molecule has 0 aromatic carbocycles. The van der Waals surface area contributed by atoms with Crippen LogP contribution in [-0.4, -0.2) is 32.0 Å². The maximum Gasteiger partial charge on any atom is 0.324 e. The van der Waals surface area contributed by atoms with Gasteiger partial charge >= 0.3 is 6.03 Å². The molecule has 6 nitrogen and oxygen atoms in total. The third-order valence-corrected chi connectivity index (χ3v) is 5.17. The third-order valence-electron chi connectivity index (χ3n) is 4.37. The Kier molecular flexibility index (Phi) is 4.89. The van der Waals surface area contributed by atoms with Gasteiger partial charge in [0.15, 0.2) is 5.13 Å². The Bertz CT molecular complexity index is 733. The second kappa shape index (κ2) is 6.93. The van der Waals surface area contributed by atoms with Crippen molar-refractivity contribution in [3.8, 4) is 0 Å². The van der Waals surface area contributed by atoms with Gasteiger partial charge in [0.25, 0.3) is 0 Å². The maximum absolute atomic E-state index is 12.5. The summed E-state index contributed by atoms with van der Waals surface area (Å²) in [7, 11) is 2.07. The predicted molar refractivity (Wildman–Crippen MR) is 96.5 cm³/mol. The van der Waals surface area contributed by atoms with Gasteiger partial charge < -0.3 is 9.47 Å². The Morgan fingerprint density at radius 2 is 2.21 bits per heavy atom. The lowest BCUT2D eigenvalue weighted by molar-refractivity contribution is 0.205. The van der Waals surface area contributed by atoms with Crippen LogP contribution < -0.4 is 5.32 Å². The van der Waals surface area contributed by atoms with E-state index in [1.165, 1.54) is 17.0 Å². The molecule has 0 atom stereocenters. The van der Waals surface area contributed by atoms with Gasteiger partial charge in [-0.2, -0.15) is 0 Å². The molecule has 0 spiro atoms. The van der Waals surface area contributed by atoms with Crippen LogP contribution in [0.15, 0.2) is 5.38 Å². The molecule has 1 aliphatic heterocycles. The summed E-state index contributed by atoms with van der Waals surface area (Å²) in [6.45, 7) is 7.70. The lowest BCUT2D eigenvalue weighted by Gasteiger charge is -2.26. The highest BCUT2D eigenvalue weighted by molar-refractivity contribution is 7.13. The van der Waals surface area contributed by atoms with Crippen molar-refractivity contribution < 1.29 is 4.79 Å². The Balaban J connectivity index is 1.68. The topological polar surface area (TPSA) is 63.1 Å². The number of anilines is 1. The second-order valence-corrected chi connectivity index (χ2v) is 7.43. The summed E-state index contributed by atoms with van der Waals surface area (Å²) in [5.74, 6) is 1.47. The molecular formula is C17H25N5OS. The molecule has 2 aromatic rings. The fourth-order valence-corrected chi connectivity index (χ4v) is 3.88. The average molecular weight is 347 g/mol. The highest BCUT2D eigenvalue weighted by atomic mass is 32.1. The SMILES string of the molecule is CCCc1csc(NC(=O)N2CCc3c(nc(C(C)C)n3C)C2)n1. The van der Waals surface area contributed by atoms with Crippen molar-refractivity contribution >= 4 is 22.5 Å². The molecule has 0 saturated carbocycles. The molecule has 0 aliphatic carbocycles. The van der Waals surface area contributed by atoms with Gasteiger partial charge in [0, 0.05) is 37.0 Å². The number of carbonyl (C=O) groups is 1. The van der Waals surface area contributed by atoms with Crippen LogP contribution in [0.1, 0.15) is 56.0 Å². The van der Waals surface area contributed by atoms with E-state index < -0.39 is 0 Å². The minimum absolute atomic E-state index is 0.0881. The van der Waals surface area contributed by atoms with Crippen molar-refractivity contribution in [1.82, 2.24) is 19.4 Å². The van der Waals surface area contributed by atoms with Crippen LogP contribution in [0.25, 0.3) is 0 Å². The minimum Gasteiger partial charge on any atom is -0.334 e. The molecule has 0 fully saturated rings. The smallest absolute Gasteiger partial charge is 0.324 e. The largest absolute Gasteiger partial charge is 0.334 e. The lowest BCUT2D eigenvalue weighted by atomic mass is 10.1. The van der Waals surface area contributed by atoms with Gasteiger partial charge in [0.2, 0.25) is 0 Å². The summed E-state index contributed by atoms with van der Waals surface area (Å²) < 4.78 is 2.19. The van der Waals surface area contributed by atoms with Crippen molar-refractivity contribution in [1.29, 1.82) is 0 Å². The van der Waals surface area contributed by atoms with E-state index in [0.717, 1.165) is 36.5 Å². The molecule has 0 unspecified atom stereocenters. The van der Waals surface area contributed by atoms with Crippen LogP contribution in [0.3, 0.4) is 0 Å². The zero-order valence-electron chi connectivity index (χ0n) is 14.8. The van der Waals surface area contributed by atoms with Crippen LogP contribution in [-0.2, 0) is 26.4 Å². The zero-order valence-corrected chi connectivity index (χ0v) is 15.6. The first-order chi connectivity index (χ1) is 11.5. The van der Waals surface area contributed by atoms with Gasteiger partial charge in [0.1, 0.15) is 5.82 Å². The molecule has 3 heterocycles. The highest BCUT2D eigenvalue weighted by Crippen LogP contribution is 2.24. The number of aryl methyl sites for hydroxylation is 1. The van der Waals surface area contributed by atoms with Crippen LogP contribution in [0, 0.1) is 0 Å². The van der Waals surface area contributed by atoms with Crippen molar-refractivity contribution in [3.05, 3.63) is 28.3 Å². The van der Waals surface area contributed by atoms with E-state index in [4.69, 9.17) is 4.98 Å². The summed E-state index contributed by atoms with van der Waals surface area (Å²) in [5.41, 5.74) is 3.32. The molecule has 1 N–H and O–H groups in total. The lowest BCUT2D eigenvalue weighted by Crippen LogP contribution is -2.39. The van der Waals surface area contributed by atoms with E-state index in [0.29, 0.717) is 24.1 Å². The number of imidazole rings is 1. The number of thiazole rings is 1. The number of rotatable bonds is 4. The molecule has 0 radical (unpaired) electrons. The minimum atomic E-state index is -0.0881. The number of carbonyl (C=O) groups excluding carboxylic acids is 1. The second-order valence-electron chi connectivity index (χ2n) is 6.57. The van der Waals surface area contributed by atoms with Crippen molar-refractivity contribution in [2.45, 2.75) is 52.5 Å². The van der Waals surface area contributed by atoms with Gasteiger partial charge in [-0.3, -0.25) is 5.32 Å². The first kappa shape index (κ1) is 17.0. The van der Waals surface area contributed by atoms with E-state index in [1.807, 2.05) is 10.3 Å². The van der Waals surface area contributed by atoms with Crippen LogP contribution in [0.2, 0.25) is 0 Å². The first-order valence-electron chi connectivity index (χ1n) is 8.54. The Hall–Kier alpha value is -1.89. The van der Waals surface area contributed by atoms with E-state index in [-0.39, 0.29) is 6.03 Å². The van der Waals surface area contributed by atoms with Crippen molar-refractivity contribution in [2.24, 2.45) is 7.05 Å². The van der Waals surface area contributed by atoms with E-state index in [9.17, 15) is 4.79 Å². The molecule has 130 valence electrons. The van der Waals surface area contributed by atoms with Gasteiger partial charge in [-0.05, 0) is 6.42 Å². The summed E-state index contributed by atoms with van der Waals surface area (Å²) in [4.78, 5) is 23.5. The number of hydrogen-bond donors (Lipinski definition) is 1. The van der Waals surface area contributed by atoms with Crippen LogP contribution in [0.4, 0.5) is 9.93 Å². The zero-order chi connectivity index (χ0) is 17.3. The third kappa shape index (κ3) is 3.31. The standard InChI is InChI=1S/C17H25N5OS/c1-5-6-12-10-24-16(18-12)20-17(23)22-8-7-14-13(9-22)19-15(11(2)3)21(14)4/h10-11H,5-9H2,1-4H3,(H,18,20,23). The van der Waals surface area contributed by atoms with Gasteiger partial charge in [-0.1, -0.05) is 27.2 Å². The number of urea groups is 1. The molecule has 3 rings (SSSR count). The highest BCUT2D eigenvalue weighted by Gasteiger charge is 2.26. The molecule has 2 aromatic heterocycles. The van der Waals surface area contributed by atoms with Crippen LogP contribution in [0.5, 0.6) is 0 Å². The molecule has 24 heavy (non-hydrogen) atoms. The molecule has 2 amide bonds. The summed E-state index contributed by atoms with van der Waals surface area (Å²) >= 11 is 1.49. The Morgan fingerprint density at radius 1 is 1.42 bits per heavy atom. The number of nitrogens with one attached hydrogen (secondary N) is 1. The van der Waals surface area contributed by atoms with E-state index >= 15 is 0 Å². The molecule has 0 saturated heterocycles. The number of amides is 2.